The van der Waals surface area contributed by atoms with Gasteiger partial charge in [0, 0.05) is 12.1 Å². The molecule has 1 rings (SSSR count). The summed E-state index contributed by atoms with van der Waals surface area (Å²) in [5.74, 6) is 0.808. The smallest absolute Gasteiger partial charge is 0.0550 e. The fourth-order valence-electron chi connectivity index (χ4n) is 1.73. The molecule has 0 spiro atoms. The topological polar surface area (TPSA) is 21.3 Å². The summed E-state index contributed by atoms with van der Waals surface area (Å²) in [5, 5.41) is 3.56. The standard InChI is InChI=1S/C11H23NO/c1-9-7-10(5-6-13-9)8-12-11(2,3)4/h9-10,12H,5-8H2,1-4H3/t9-,10?/m1/s1. The SMILES string of the molecule is C[C@@H]1CC(CNC(C)(C)C)CCO1. The van der Waals surface area contributed by atoms with Crippen LogP contribution in [-0.4, -0.2) is 24.8 Å². The van der Waals surface area contributed by atoms with E-state index in [1.807, 2.05) is 0 Å². The van der Waals surface area contributed by atoms with Gasteiger partial charge in [0.05, 0.1) is 6.10 Å². The van der Waals surface area contributed by atoms with E-state index in [0.29, 0.717) is 6.10 Å². The van der Waals surface area contributed by atoms with Crippen molar-refractivity contribution in [1.82, 2.24) is 5.32 Å². The Kier molecular flexibility index (Phi) is 3.74. The average Bonchev–Trinajstić information content (AvgIpc) is 2.00. The molecule has 78 valence electrons. The van der Waals surface area contributed by atoms with Crippen molar-refractivity contribution in [2.75, 3.05) is 13.2 Å². The normalized spacial score (nSPS) is 30.5. The summed E-state index contributed by atoms with van der Waals surface area (Å²) >= 11 is 0. The molecule has 1 aliphatic heterocycles. The molecule has 0 saturated carbocycles. The summed E-state index contributed by atoms with van der Waals surface area (Å²) in [6.45, 7) is 10.9. The van der Waals surface area contributed by atoms with Gasteiger partial charge in [-0.3, -0.25) is 0 Å². The van der Waals surface area contributed by atoms with E-state index in [-0.39, 0.29) is 5.54 Å². The number of nitrogens with one attached hydrogen (secondary N) is 1. The van der Waals surface area contributed by atoms with Gasteiger partial charge in [-0.25, -0.2) is 0 Å². The van der Waals surface area contributed by atoms with E-state index in [0.717, 1.165) is 19.1 Å². The predicted molar refractivity (Wildman–Crippen MR) is 55.9 cm³/mol. The lowest BCUT2D eigenvalue weighted by molar-refractivity contribution is 0.00179. The first kappa shape index (κ1) is 11.0. The fraction of sp³-hybridized carbons (Fsp3) is 1.00. The minimum Gasteiger partial charge on any atom is -0.378 e. The average molecular weight is 185 g/mol. The van der Waals surface area contributed by atoms with E-state index in [2.05, 4.69) is 33.0 Å². The summed E-state index contributed by atoms with van der Waals surface area (Å²) in [5.41, 5.74) is 0.252. The van der Waals surface area contributed by atoms with E-state index in [9.17, 15) is 0 Å². The van der Waals surface area contributed by atoms with Crippen molar-refractivity contribution in [3.63, 3.8) is 0 Å². The maximum atomic E-state index is 5.51. The van der Waals surface area contributed by atoms with Crippen LogP contribution in [0.5, 0.6) is 0 Å². The van der Waals surface area contributed by atoms with Gasteiger partial charge in [0.15, 0.2) is 0 Å². The third-order valence-corrected chi connectivity index (χ3v) is 2.51. The third-order valence-electron chi connectivity index (χ3n) is 2.51. The first-order valence-corrected chi connectivity index (χ1v) is 5.34. The van der Waals surface area contributed by atoms with Crippen molar-refractivity contribution in [3.05, 3.63) is 0 Å². The van der Waals surface area contributed by atoms with Gasteiger partial charge in [-0.2, -0.15) is 0 Å². The van der Waals surface area contributed by atoms with Crippen LogP contribution in [0.2, 0.25) is 0 Å². The minimum absolute atomic E-state index is 0.252. The van der Waals surface area contributed by atoms with Gasteiger partial charge in [-0.1, -0.05) is 0 Å². The van der Waals surface area contributed by atoms with Gasteiger partial charge < -0.3 is 10.1 Å². The molecule has 0 aromatic heterocycles. The molecule has 2 atom stereocenters. The number of hydrogen-bond acceptors (Lipinski definition) is 2. The molecular formula is C11H23NO. The van der Waals surface area contributed by atoms with Gasteiger partial charge in [0.1, 0.15) is 0 Å². The second-order valence-corrected chi connectivity index (χ2v) is 5.20. The van der Waals surface area contributed by atoms with Gasteiger partial charge in [0.2, 0.25) is 0 Å². The van der Waals surface area contributed by atoms with Crippen LogP contribution < -0.4 is 5.32 Å². The van der Waals surface area contributed by atoms with Gasteiger partial charge >= 0.3 is 0 Å². The Morgan fingerprint density at radius 1 is 1.38 bits per heavy atom. The molecule has 1 aliphatic rings. The molecular weight excluding hydrogens is 162 g/mol. The highest BCUT2D eigenvalue weighted by molar-refractivity contribution is 4.76. The Labute approximate surface area is 82.0 Å². The monoisotopic (exact) mass is 185 g/mol. The van der Waals surface area contributed by atoms with Crippen molar-refractivity contribution >= 4 is 0 Å². The molecule has 13 heavy (non-hydrogen) atoms. The Morgan fingerprint density at radius 3 is 2.62 bits per heavy atom. The van der Waals surface area contributed by atoms with Crippen LogP contribution in [0.4, 0.5) is 0 Å². The zero-order valence-electron chi connectivity index (χ0n) is 9.39. The Hall–Kier alpha value is -0.0800. The molecule has 0 aromatic carbocycles. The van der Waals surface area contributed by atoms with Crippen LogP contribution in [0, 0.1) is 5.92 Å². The predicted octanol–water partition coefficient (Wildman–Crippen LogP) is 2.19. The van der Waals surface area contributed by atoms with Crippen LogP contribution in [0.1, 0.15) is 40.5 Å². The number of ether oxygens (including phenoxy) is 1. The van der Waals surface area contributed by atoms with Crippen molar-refractivity contribution in [2.45, 2.75) is 52.2 Å². The molecule has 2 heteroatoms. The molecule has 0 aliphatic carbocycles. The van der Waals surface area contributed by atoms with Crippen LogP contribution in [0.3, 0.4) is 0 Å². The maximum absolute atomic E-state index is 5.51. The molecule has 0 amide bonds. The van der Waals surface area contributed by atoms with Crippen LogP contribution >= 0.6 is 0 Å². The second-order valence-electron chi connectivity index (χ2n) is 5.20. The molecule has 1 fully saturated rings. The van der Waals surface area contributed by atoms with Gasteiger partial charge in [0.25, 0.3) is 0 Å². The van der Waals surface area contributed by atoms with Crippen molar-refractivity contribution in [2.24, 2.45) is 5.92 Å². The van der Waals surface area contributed by atoms with Gasteiger partial charge in [-0.05, 0) is 53.0 Å². The third kappa shape index (κ3) is 4.63. The highest BCUT2D eigenvalue weighted by Crippen LogP contribution is 2.19. The lowest BCUT2D eigenvalue weighted by atomic mass is 9.95. The highest BCUT2D eigenvalue weighted by Gasteiger charge is 2.20. The summed E-state index contributed by atoms with van der Waals surface area (Å²) in [6, 6.07) is 0. The first-order chi connectivity index (χ1) is 5.97. The first-order valence-electron chi connectivity index (χ1n) is 5.34. The van der Waals surface area contributed by atoms with Crippen LogP contribution in [0.25, 0.3) is 0 Å². The van der Waals surface area contributed by atoms with Crippen molar-refractivity contribution < 1.29 is 4.74 Å². The Balaban J connectivity index is 2.21. The Morgan fingerprint density at radius 2 is 2.08 bits per heavy atom. The van der Waals surface area contributed by atoms with Crippen LogP contribution in [0.15, 0.2) is 0 Å². The van der Waals surface area contributed by atoms with E-state index in [4.69, 9.17) is 4.74 Å². The molecule has 0 bridgehead atoms. The van der Waals surface area contributed by atoms with Crippen molar-refractivity contribution in [3.8, 4) is 0 Å². The minimum atomic E-state index is 0.252. The molecule has 0 aromatic rings. The number of rotatable bonds is 2. The largest absolute Gasteiger partial charge is 0.378 e. The van der Waals surface area contributed by atoms with Crippen LogP contribution in [-0.2, 0) is 4.74 Å². The second kappa shape index (κ2) is 4.43. The van der Waals surface area contributed by atoms with E-state index in [1.165, 1.54) is 12.8 Å². The molecule has 2 nitrogen and oxygen atoms in total. The fourth-order valence-corrected chi connectivity index (χ4v) is 1.73. The van der Waals surface area contributed by atoms with E-state index in [1.54, 1.807) is 0 Å². The summed E-state index contributed by atoms with van der Waals surface area (Å²) in [7, 11) is 0. The molecule has 1 heterocycles. The van der Waals surface area contributed by atoms with E-state index >= 15 is 0 Å². The number of hydrogen-bond donors (Lipinski definition) is 1. The lowest BCUT2D eigenvalue weighted by Crippen LogP contribution is -2.41. The quantitative estimate of drug-likeness (QED) is 0.712. The lowest BCUT2D eigenvalue weighted by Gasteiger charge is -2.30. The van der Waals surface area contributed by atoms with E-state index < -0.39 is 0 Å². The highest BCUT2D eigenvalue weighted by atomic mass is 16.5. The molecule has 1 unspecified atom stereocenters. The molecule has 1 saturated heterocycles. The summed E-state index contributed by atoms with van der Waals surface area (Å²) in [4.78, 5) is 0. The molecule has 0 radical (unpaired) electrons. The summed E-state index contributed by atoms with van der Waals surface area (Å²) in [6.07, 6.45) is 2.89. The van der Waals surface area contributed by atoms with Crippen molar-refractivity contribution in [1.29, 1.82) is 0 Å². The maximum Gasteiger partial charge on any atom is 0.0550 e. The molecule has 1 N–H and O–H groups in total. The summed E-state index contributed by atoms with van der Waals surface area (Å²) < 4.78 is 5.51. The zero-order chi connectivity index (χ0) is 9.90. The Bertz CT molecular complexity index is 151. The van der Waals surface area contributed by atoms with Gasteiger partial charge in [-0.15, -0.1) is 0 Å². The zero-order valence-corrected chi connectivity index (χ0v) is 9.39.